The molecule has 1 saturated heterocycles. The van der Waals surface area contributed by atoms with Gasteiger partial charge in [0.15, 0.2) is 6.61 Å². The fourth-order valence-electron chi connectivity index (χ4n) is 2.93. The fraction of sp³-hybridized carbons (Fsp3) is 0.450. The molecule has 1 aromatic heterocycles. The van der Waals surface area contributed by atoms with Crippen molar-refractivity contribution < 1.29 is 14.3 Å². The zero-order chi connectivity index (χ0) is 19.1. The molecule has 1 aromatic carbocycles. The smallest absolute Gasteiger partial charge is 0.260 e. The number of aromatic nitrogens is 1. The van der Waals surface area contributed by atoms with E-state index in [1.807, 2.05) is 10.3 Å². The Kier molecular flexibility index (Phi) is 6.81. The lowest BCUT2D eigenvalue weighted by Crippen LogP contribution is -2.38. The lowest BCUT2D eigenvalue weighted by atomic mass is 10.1. The predicted octanol–water partition coefficient (Wildman–Crippen LogP) is 3.03. The van der Waals surface area contributed by atoms with Crippen molar-refractivity contribution in [3.8, 4) is 5.75 Å². The molecule has 1 fully saturated rings. The summed E-state index contributed by atoms with van der Waals surface area (Å²) < 4.78 is 5.57. The second kappa shape index (κ2) is 9.50. The van der Waals surface area contributed by atoms with Crippen molar-refractivity contribution in [2.45, 2.75) is 39.2 Å². The molecule has 0 bridgehead atoms. The Hall–Kier alpha value is -2.41. The zero-order valence-corrected chi connectivity index (χ0v) is 16.4. The molecular formula is C20H25N3O3S. The van der Waals surface area contributed by atoms with Crippen molar-refractivity contribution in [2.75, 3.05) is 19.7 Å². The first-order valence-corrected chi connectivity index (χ1v) is 10.3. The number of nitrogens with one attached hydrogen (secondary N) is 1. The van der Waals surface area contributed by atoms with E-state index in [1.165, 1.54) is 6.42 Å². The molecule has 1 aliphatic rings. The van der Waals surface area contributed by atoms with E-state index < -0.39 is 0 Å². The normalized spacial score (nSPS) is 14.0. The zero-order valence-electron chi connectivity index (χ0n) is 15.6. The Morgan fingerprint density at radius 1 is 1.19 bits per heavy atom. The summed E-state index contributed by atoms with van der Waals surface area (Å²) in [6.07, 6.45) is 4.22. The Balaban J connectivity index is 1.45. The van der Waals surface area contributed by atoms with Gasteiger partial charge in [0, 0.05) is 24.0 Å². The van der Waals surface area contributed by atoms with Crippen molar-refractivity contribution >= 4 is 23.2 Å². The van der Waals surface area contributed by atoms with Crippen LogP contribution in [-0.4, -0.2) is 41.4 Å². The highest BCUT2D eigenvalue weighted by atomic mass is 32.1. The number of thiazole rings is 1. The molecule has 0 spiro atoms. The van der Waals surface area contributed by atoms with Crippen LogP contribution in [0.2, 0.25) is 0 Å². The molecule has 0 unspecified atom stereocenters. The van der Waals surface area contributed by atoms with Gasteiger partial charge in [-0.2, -0.15) is 0 Å². The van der Waals surface area contributed by atoms with Gasteiger partial charge in [0.1, 0.15) is 10.8 Å². The molecule has 1 N–H and O–H groups in total. The molecule has 1 aliphatic heterocycles. The molecular weight excluding hydrogens is 362 g/mol. The maximum atomic E-state index is 12.2. The van der Waals surface area contributed by atoms with Crippen molar-refractivity contribution in [3.05, 3.63) is 45.9 Å². The number of rotatable bonds is 7. The Morgan fingerprint density at radius 2 is 1.93 bits per heavy atom. The lowest BCUT2D eigenvalue weighted by Gasteiger charge is -2.26. The number of aryl methyl sites for hydroxylation is 1. The summed E-state index contributed by atoms with van der Waals surface area (Å²) in [6, 6.07) is 6.85. The van der Waals surface area contributed by atoms with E-state index in [-0.39, 0.29) is 18.4 Å². The van der Waals surface area contributed by atoms with Gasteiger partial charge < -0.3 is 15.0 Å². The maximum absolute atomic E-state index is 12.2. The van der Waals surface area contributed by atoms with Crippen LogP contribution in [0.4, 0.5) is 0 Å². The predicted molar refractivity (Wildman–Crippen MR) is 105 cm³/mol. The summed E-state index contributed by atoms with van der Waals surface area (Å²) in [5.41, 5.74) is 1.60. The van der Waals surface area contributed by atoms with Crippen LogP contribution in [0.3, 0.4) is 0 Å². The van der Waals surface area contributed by atoms with E-state index in [1.54, 1.807) is 35.6 Å². The van der Waals surface area contributed by atoms with Crippen LogP contribution in [0.1, 0.15) is 47.2 Å². The van der Waals surface area contributed by atoms with E-state index in [2.05, 4.69) is 17.2 Å². The number of ether oxygens (including phenoxy) is 1. The van der Waals surface area contributed by atoms with Gasteiger partial charge >= 0.3 is 0 Å². The Labute approximate surface area is 163 Å². The highest BCUT2D eigenvalue weighted by Crippen LogP contribution is 2.14. The monoisotopic (exact) mass is 387 g/mol. The molecule has 144 valence electrons. The number of piperidine rings is 1. The quantitative estimate of drug-likeness (QED) is 0.793. The molecule has 27 heavy (non-hydrogen) atoms. The lowest BCUT2D eigenvalue weighted by molar-refractivity contribution is -0.134. The molecule has 0 radical (unpaired) electrons. The Morgan fingerprint density at radius 3 is 2.59 bits per heavy atom. The van der Waals surface area contributed by atoms with Gasteiger partial charge in [0.25, 0.3) is 11.8 Å². The summed E-state index contributed by atoms with van der Waals surface area (Å²) in [6.45, 7) is 4.16. The van der Waals surface area contributed by atoms with E-state index >= 15 is 0 Å². The minimum Gasteiger partial charge on any atom is -0.484 e. The van der Waals surface area contributed by atoms with Crippen molar-refractivity contribution in [1.29, 1.82) is 0 Å². The Bertz CT molecular complexity index is 767. The first-order chi connectivity index (χ1) is 13.2. The number of likely N-dealkylation sites (tertiary alicyclic amines) is 1. The topological polar surface area (TPSA) is 71.5 Å². The van der Waals surface area contributed by atoms with Crippen LogP contribution in [0.25, 0.3) is 0 Å². The molecule has 2 aromatic rings. The third kappa shape index (κ3) is 5.53. The highest BCUT2D eigenvalue weighted by molar-refractivity contribution is 7.09. The fourth-order valence-corrected chi connectivity index (χ4v) is 3.75. The number of hydrogen-bond acceptors (Lipinski definition) is 5. The summed E-state index contributed by atoms with van der Waals surface area (Å²) in [5, 5.41) is 5.78. The average Bonchev–Trinajstić information content (AvgIpc) is 3.19. The van der Waals surface area contributed by atoms with Crippen molar-refractivity contribution in [3.63, 3.8) is 0 Å². The maximum Gasteiger partial charge on any atom is 0.260 e. The molecule has 2 amide bonds. The van der Waals surface area contributed by atoms with Crippen LogP contribution in [0, 0.1) is 0 Å². The number of benzene rings is 1. The average molecular weight is 388 g/mol. The third-order valence-electron chi connectivity index (χ3n) is 4.55. The van der Waals surface area contributed by atoms with E-state index in [0.717, 1.165) is 43.1 Å². The second-order valence-electron chi connectivity index (χ2n) is 6.52. The van der Waals surface area contributed by atoms with Gasteiger partial charge in [0.2, 0.25) is 0 Å². The highest BCUT2D eigenvalue weighted by Gasteiger charge is 2.16. The van der Waals surface area contributed by atoms with Gasteiger partial charge in [-0.3, -0.25) is 9.59 Å². The molecule has 3 rings (SSSR count). The van der Waals surface area contributed by atoms with E-state index in [0.29, 0.717) is 17.9 Å². The number of carbonyl (C=O) groups excluding carboxylic acids is 2. The standard InChI is InChI=1S/C20H25N3O3S/c1-2-16-14-27-18(22-16)12-21-20(25)15-6-8-17(9-7-15)26-13-19(24)23-10-4-3-5-11-23/h6-9,14H,2-5,10-13H2,1H3,(H,21,25). The molecule has 0 atom stereocenters. The van der Waals surface area contributed by atoms with Crippen LogP contribution in [0.5, 0.6) is 5.75 Å². The first kappa shape index (κ1) is 19.4. The minimum absolute atomic E-state index is 0.0198. The molecule has 2 heterocycles. The first-order valence-electron chi connectivity index (χ1n) is 9.38. The largest absolute Gasteiger partial charge is 0.484 e. The number of hydrogen-bond donors (Lipinski definition) is 1. The summed E-state index contributed by atoms with van der Waals surface area (Å²) in [4.78, 5) is 30.7. The van der Waals surface area contributed by atoms with Gasteiger partial charge in [-0.05, 0) is 49.9 Å². The summed E-state index contributed by atoms with van der Waals surface area (Å²) >= 11 is 1.55. The summed E-state index contributed by atoms with van der Waals surface area (Å²) in [7, 11) is 0. The molecule has 0 aliphatic carbocycles. The van der Waals surface area contributed by atoms with Crippen LogP contribution < -0.4 is 10.1 Å². The van der Waals surface area contributed by atoms with Gasteiger partial charge in [-0.25, -0.2) is 4.98 Å². The molecule has 7 heteroatoms. The number of nitrogens with zero attached hydrogens (tertiary/aromatic N) is 2. The SMILES string of the molecule is CCc1csc(CNC(=O)c2ccc(OCC(=O)N3CCCCC3)cc2)n1. The minimum atomic E-state index is -0.154. The van der Waals surface area contributed by atoms with Gasteiger partial charge in [-0.1, -0.05) is 6.92 Å². The van der Waals surface area contributed by atoms with Crippen molar-refractivity contribution in [1.82, 2.24) is 15.2 Å². The third-order valence-corrected chi connectivity index (χ3v) is 5.45. The van der Waals surface area contributed by atoms with Gasteiger partial charge in [-0.15, -0.1) is 11.3 Å². The molecule has 0 saturated carbocycles. The van der Waals surface area contributed by atoms with Crippen LogP contribution in [-0.2, 0) is 17.8 Å². The van der Waals surface area contributed by atoms with Crippen LogP contribution >= 0.6 is 11.3 Å². The number of amides is 2. The summed E-state index contributed by atoms with van der Waals surface area (Å²) in [5.74, 6) is 0.454. The van der Waals surface area contributed by atoms with Crippen LogP contribution in [0.15, 0.2) is 29.6 Å². The van der Waals surface area contributed by atoms with Gasteiger partial charge in [0.05, 0.1) is 12.2 Å². The van der Waals surface area contributed by atoms with E-state index in [9.17, 15) is 9.59 Å². The van der Waals surface area contributed by atoms with Crippen molar-refractivity contribution in [2.24, 2.45) is 0 Å². The van der Waals surface area contributed by atoms with E-state index in [4.69, 9.17) is 4.74 Å². The number of carbonyl (C=O) groups is 2. The second-order valence-corrected chi connectivity index (χ2v) is 7.47. The molecule has 6 nitrogen and oxygen atoms in total.